The topological polar surface area (TPSA) is 118 Å². The summed E-state index contributed by atoms with van der Waals surface area (Å²) >= 11 is 0. The van der Waals surface area contributed by atoms with E-state index in [9.17, 15) is 21.6 Å². The summed E-state index contributed by atoms with van der Waals surface area (Å²) in [5.41, 5.74) is 2.78. The van der Waals surface area contributed by atoms with E-state index in [1.807, 2.05) is 29.2 Å². The number of carbonyl (C=O) groups excluding carboxylic acids is 1. The van der Waals surface area contributed by atoms with Crippen molar-refractivity contribution < 1.29 is 21.6 Å². The third-order valence-corrected chi connectivity index (χ3v) is 9.11. The van der Waals surface area contributed by atoms with Crippen molar-refractivity contribution >= 4 is 31.5 Å². The molecule has 8 nitrogen and oxygen atoms in total. The van der Waals surface area contributed by atoms with Crippen LogP contribution in [0.1, 0.15) is 30.9 Å². The minimum Gasteiger partial charge on any atom is -0.306 e. The van der Waals surface area contributed by atoms with Crippen molar-refractivity contribution in [1.82, 2.24) is 4.90 Å². The first kappa shape index (κ1) is 23.9. The summed E-state index contributed by atoms with van der Waals surface area (Å²) in [4.78, 5) is 16.8. The van der Waals surface area contributed by atoms with Crippen molar-refractivity contribution in [3.05, 3.63) is 59.7 Å². The van der Waals surface area contributed by atoms with Crippen LogP contribution in [0.4, 0.5) is 5.69 Å². The Balaban J connectivity index is 1.53. The highest BCUT2D eigenvalue weighted by molar-refractivity contribution is 7.91. The van der Waals surface area contributed by atoms with Gasteiger partial charge in [-0.1, -0.05) is 38.1 Å². The number of rotatable bonds is 6. The lowest BCUT2D eigenvalue weighted by atomic mass is 10.00. The molecule has 2 fully saturated rings. The molecule has 0 radical (unpaired) electrons. The maximum absolute atomic E-state index is 13.2. The number of anilines is 1. The standard InChI is InChI=1S/C23H29N3O5S2/c1-16(2)18-5-7-19(8-6-18)26-22-15-32(28,29)14-21(22)25(13-23(26)27)12-11-17-3-9-20(10-4-17)33(24,30)31/h3-10,16,21-22H,11-15H2,1-2H3,(H2,24,30,31)/t21-,22+/m0/s1. The molecule has 2 aromatic carbocycles. The number of carbonyl (C=O) groups is 1. The second-order valence-electron chi connectivity index (χ2n) is 9.13. The third kappa shape index (κ3) is 5.13. The number of benzene rings is 2. The number of amides is 1. The Morgan fingerprint density at radius 1 is 1.00 bits per heavy atom. The van der Waals surface area contributed by atoms with Gasteiger partial charge < -0.3 is 4.90 Å². The van der Waals surface area contributed by atoms with E-state index in [1.54, 1.807) is 17.0 Å². The molecular weight excluding hydrogens is 462 g/mol. The molecule has 2 aliphatic rings. The quantitative estimate of drug-likeness (QED) is 0.655. The number of fused-ring (bicyclic) bond motifs is 1. The minimum absolute atomic E-state index is 0.0237. The van der Waals surface area contributed by atoms with Crippen LogP contribution in [0.2, 0.25) is 0 Å². The molecule has 2 aliphatic heterocycles. The van der Waals surface area contributed by atoms with Gasteiger partial charge in [0, 0.05) is 18.3 Å². The highest BCUT2D eigenvalue weighted by Gasteiger charge is 2.49. The van der Waals surface area contributed by atoms with Crippen molar-refractivity contribution in [1.29, 1.82) is 0 Å². The molecule has 1 amide bonds. The highest BCUT2D eigenvalue weighted by atomic mass is 32.2. The van der Waals surface area contributed by atoms with Crippen LogP contribution in [0.5, 0.6) is 0 Å². The summed E-state index contributed by atoms with van der Waals surface area (Å²) in [6.07, 6.45) is 0.560. The predicted octanol–water partition coefficient (Wildman–Crippen LogP) is 1.51. The molecule has 33 heavy (non-hydrogen) atoms. The van der Waals surface area contributed by atoms with Crippen molar-refractivity contribution in [2.45, 2.75) is 43.2 Å². The van der Waals surface area contributed by atoms with E-state index in [1.165, 1.54) is 12.1 Å². The average molecular weight is 492 g/mol. The molecule has 0 unspecified atom stereocenters. The molecule has 0 aromatic heterocycles. The number of primary sulfonamides is 1. The van der Waals surface area contributed by atoms with Crippen LogP contribution >= 0.6 is 0 Å². The smallest absolute Gasteiger partial charge is 0.241 e. The van der Waals surface area contributed by atoms with Gasteiger partial charge in [-0.25, -0.2) is 22.0 Å². The largest absolute Gasteiger partial charge is 0.306 e. The number of sulfonamides is 1. The molecule has 0 aliphatic carbocycles. The molecule has 0 saturated carbocycles. The molecule has 0 bridgehead atoms. The summed E-state index contributed by atoms with van der Waals surface area (Å²) < 4.78 is 48.0. The van der Waals surface area contributed by atoms with E-state index < -0.39 is 25.9 Å². The Morgan fingerprint density at radius 2 is 1.61 bits per heavy atom. The van der Waals surface area contributed by atoms with E-state index in [2.05, 4.69) is 13.8 Å². The van der Waals surface area contributed by atoms with Gasteiger partial charge in [0.1, 0.15) is 0 Å². The molecule has 2 saturated heterocycles. The van der Waals surface area contributed by atoms with Crippen LogP contribution in [0.15, 0.2) is 53.4 Å². The fourth-order valence-corrected chi connectivity index (χ4v) is 7.17. The van der Waals surface area contributed by atoms with Crippen LogP contribution in [-0.2, 0) is 31.1 Å². The van der Waals surface area contributed by atoms with Gasteiger partial charge in [0.15, 0.2) is 9.84 Å². The summed E-state index contributed by atoms with van der Waals surface area (Å²) in [5.74, 6) is 0.227. The Bertz CT molecular complexity index is 1240. The number of hydrogen-bond donors (Lipinski definition) is 1. The molecule has 0 spiro atoms. The first-order valence-electron chi connectivity index (χ1n) is 10.9. The lowest BCUT2D eigenvalue weighted by Gasteiger charge is -2.43. The fourth-order valence-electron chi connectivity index (χ4n) is 4.68. The Morgan fingerprint density at radius 3 is 2.18 bits per heavy atom. The Labute approximate surface area is 195 Å². The summed E-state index contributed by atoms with van der Waals surface area (Å²) in [6, 6.07) is 13.4. The van der Waals surface area contributed by atoms with Gasteiger partial charge >= 0.3 is 0 Å². The van der Waals surface area contributed by atoms with Gasteiger partial charge in [-0.05, 0) is 47.7 Å². The second kappa shape index (κ2) is 8.83. The summed E-state index contributed by atoms with van der Waals surface area (Å²) in [6.45, 7) is 4.83. The Kier molecular flexibility index (Phi) is 6.38. The second-order valence-corrected chi connectivity index (χ2v) is 12.8. The molecule has 10 heteroatoms. The first-order valence-corrected chi connectivity index (χ1v) is 14.3. The van der Waals surface area contributed by atoms with Crippen LogP contribution in [0.3, 0.4) is 0 Å². The SMILES string of the molecule is CC(C)c1ccc(N2C(=O)CN(CCc3ccc(S(N)(=O)=O)cc3)[C@H]3CS(=O)(=O)C[C@H]32)cc1. The van der Waals surface area contributed by atoms with Gasteiger partial charge in [0.2, 0.25) is 15.9 Å². The first-order chi connectivity index (χ1) is 15.4. The zero-order chi connectivity index (χ0) is 24.0. The summed E-state index contributed by atoms with van der Waals surface area (Å²) in [5, 5.41) is 5.15. The maximum atomic E-state index is 13.2. The number of piperazine rings is 1. The number of nitrogens with two attached hydrogens (primary N) is 1. The van der Waals surface area contributed by atoms with Crippen LogP contribution in [0.25, 0.3) is 0 Å². The zero-order valence-electron chi connectivity index (χ0n) is 18.7. The van der Waals surface area contributed by atoms with Crippen molar-refractivity contribution in [3.63, 3.8) is 0 Å². The summed E-state index contributed by atoms with van der Waals surface area (Å²) in [7, 11) is -7.02. The lowest BCUT2D eigenvalue weighted by Crippen LogP contribution is -2.62. The van der Waals surface area contributed by atoms with Crippen molar-refractivity contribution in [2.75, 3.05) is 29.5 Å². The highest BCUT2D eigenvalue weighted by Crippen LogP contribution is 2.32. The van der Waals surface area contributed by atoms with Crippen molar-refractivity contribution in [3.8, 4) is 0 Å². The monoisotopic (exact) mass is 491 g/mol. The maximum Gasteiger partial charge on any atom is 0.241 e. The van der Waals surface area contributed by atoms with Crippen LogP contribution in [0, 0.1) is 0 Å². The molecule has 2 atom stereocenters. The number of hydrogen-bond acceptors (Lipinski definition) is 6. The van der Waals surface area contributed by atoms with E-state index in [0.29, 0.717) is 18.9 Å². The fraction of sp³-hybridized carbons (Fsp3) is 0.435. The lowest BCUT2D eigenvalue weighted by molar-refractivity contribution is -0.123. The van der Waals surface area contributed by atoms with Gasteiger partial charge in [0.25, 0.3) is 0 Å². The predicted molar refractivity (Wildman–Crippen MR) is 127 cm³/mol. The molecule has 2 heterocycles. The van der Waals surface area contributed by atoms with E-state index in [-0.39, 0.29) is 34.9 Å². The van der Waals surface area contributed by atoms with Gasteiger partial charge in [0.05, 0.1) is 29.0 Å². The van der Waals surface area contributed by atoms with Crippen molar-refractivity contribution in [2.24, 2.45) is 5.14 Å². The molecule has 2 N–H and O–H groups in total. The average Bonchev–Trinajstić information content (AvgIpc) is 3.06. The van der Waals surface area contributed by atoms with Gasteiger partial charge in [-0.15, -0.1) is 0 Å². The number of nitrogens with zero attached hydrogens (tertiary/aromatic N) is 2. The normalized spacial score (nSPS) is 23.2. The minimum atomic E-state index is -3.75. The zero-order valence-corrected chi connectivity index (χ0v) is 20.3. The van der Waals surface area contributed by atoms with Gasteiger partial charge in [-0.3, -0.25) is 9.69 Å². The van der Waals surface area contributed by atoms with E-state index >= 15 is 0 Å². The third-order valence-electron chi connectivity index (χ3n) is 6.48. The molecular formula is C23H29N3O5S2. The number of sulfone groups is 1. The molecule has 2 aromatic rings. The van der Waals surface area contributed by atoms with Crippen LogP contribution < -0.4 is 10.0 Å². The molecule has 4 rings (SSSR count). The van der Waals surface area contributed by atoms with E-state index in [4.69, 9.17) is 5.14 Å². The van der Waals surface area contributed by atoms with Crippen LogP contribution in [-0.4, -0.2) is 64.3 Å². The van der Waals surface area contributed by atoms with E-state index in [0.717, 1.165) is 16.8 Å². The Hall–Kier alpha value is -2.27. The van der Waals surface area contributed by atoms with Gasteiger partial charge in [-0.2, -0.15) is 0 Å². The molecule has 178 valence electrons.